The molecule has 0 saturated carbocycles. The highest BCUT2D eigenvalue weighted by molar-refractivity contribution is 7.90. The molecule has 0 unspecified atom stereocenters. The fourth-order valence-electron chi connectivity index (χ4n) is 4.06. The van der Waals surface area contributed by atoms with E-state index in [2.05, 4.69) is 64.6 Å². The van der Waals surface area contributed by atoms with Crippen LogP contribution < -0.4 is 4.90 Å². The number of carbonyl (C=O) groups is 1. The first kappa shape index (κ1) is 25.3. The average molecular weight is 471 g/mol. The Hall–Kier alpha value is -2.34. The molecule has 180 valence electrons. The summed E-state index contributed by atoms with van der Waals surface area (Å²) in [5, 5.41) is 0. The van der Waals surface area contributed by atoms with Gasteiger partial charge in [0.1, 0.15) is 0 Å². The summed E-state index contributed by atoms with van der Waals surface area (Å²) in [6.07, 6.45) is 1.17. The Morgan fingerprint density at radius 2 is 1.33 bits per heavy atom. The van der Waals surface area contributed by atoms with E-state index in [-0.39, 0.29) is 21.6 Å². The van der Waals surface area contributed by atoms with Crippen LogP contribution in [-0.4, -0.2) is 51.7 Å². The number of anilines is 1. The molecular weight excluding hydrogens is 432 g/mol. The van der Waals surface area contributed by atoms with Crippen molar-refractivity contribution in [3.8, 4) is 0 Å². The van der Waals surface area contributed by atoms with Gasteiger partial charge in [-0.25, -0.2) is 8.42 Å². The molecule has 0 spiro atoms. The lowest BCUT2D eigenvalue weighted by Gasteiger charge is -2.37. The summed E-state index contributed by atoms with van der Waals surface area (Å²) in [6, 6.07) is 11.7. The quantitative estimate of drug-likeness (QED) is 0.636. The van der Waals surface area contributed by atoms with E-state index in [1.807, 2.05) is 11.8 Å². The number of nitrogens with zero attached hydrogens (tertiary/aromatic N) is 2. The third-order valence-corrected chi connectivity index (χ3v) is 7.56. The Labute approximate surface area is 199 Å². The third-order valence-electron chi connectivity index (χ3n) is 6.45. The number of rotatable bonds is 3. The van der Waals surface area contributed by atoms with Gasteiger partial charge in [0, 0.05) is 43.7 Å². The Morgan fingerprint density at radius 3 is 1.79 bits per heavy atom. The molecule has 0 N–H and O–H groups in total. The zero-order chi connectivity index (χ0) is 24.8. The van der Waals surface area contributed by atoms with Gasteiger partial charge < -0.3 is 9.80 Å². The van der Waals surface area contributed by atoms with E-state index in [1.165, 1.54) is 29.1 Å². The minimum atomic E-state index is -3.36. The number of benzene rings is 2. The molecule has 0 radical (unpaired) electrons. The summed E-state index contributed by atoms with van der Waals surface area (Å²) in [4.78, 5) is 17.6. The molecule has 3 rings (SSSR count). The molecule has 1 saturated heterocycles. The Bertz CT molecular complexity index is 1110. The topological polar surface area (TPSA) is 57.7 Å². The van der Waals surface area contributed by atoms with Crippen LogP contribution in [0, 0.1) is 6.92 Å². The molecule has 5 nitrogen and oxygen atoms in total. The van der Waals surface area contributed by atoms with Crippen LogP contribution >= 0.6 is 0 Å². The summed E-state index contributed by atoms with van der Waals surface area (Å²) < 4.78 is 23.9. The maximum atomic E-state index is 13.2. The van der Waals surface area contributed by atoms with Crippen molar-refractivity contribution in [2.45, 2.75) is 64.2 Å². The van der Waals surface area contributed by atoms with Crippen molar-refractivity contribution in [2.75, 3.05) is 37.3 Å². The molecule has 33 heavy (non-hydrogen) atoms. The summed E-state index contributed by atoms with van der Waals surface area (Å²) in [5.74, 6) is -0.100. The predicted octanol–water partition coefficient (Wildman–Crippen LogP) is 4.96. The second-order valence-electron chi connectivity index (χ2n) is 11.3. The average Bonchev–Trinajstić information content (AvgIpc) is 2.71. The van der Waals surface area contributed by atoms with E-state index in [4.69, 9.17) is 0 Å². The summed E-state index contributed by atoms with van der Waals surface area (Å²) in [5.41, 5.74) is 5.20. The van der Waals surface area contributed by atoms with Gasteiger partial charge in [0.05, 0.1) is 4.90 Å². The highest BCUT2D eigenvalue weighted by Crippen LogP contribution is 2.33. The van der Waals surface area contributed by atoms with Crippen LogP contribution in [-0.2, 0) is 20.7 Å². The second kappa shape index (κ2) is 8.79. The SMILES string of the molecule is Cc1ccc(S(C)(=O)=O)cc1C(=O)N1CCN(c2cc(C(C)(C)C)cc(C(C)(C)C)c2)CC1. The number of piperazine rings is 1. The lowest BCUT2D eigenvalue weighted by Crippen LogP contribution is -2.49. The summed E-state index contributed by atoms with van der Waals surface area (Å²) in [6.45, 7) is 18.0. The van der Waals surface area contributed by atoms with E-state index < -0.39 is 9.84 Å². The van der Waals surface area contributed by atoms with Gasteiger partial charge in [-0.2, -0.15) is 0 Å². The monoisotopic (exact) mass is 470 g/mol. The molecule has 1 fully saturated rings. The molecule has 1 heterocycles. The predicted molar refractivity (Wildman–Crippen MR) is 136 cm³/mol. The molecule has 1 amide bonds. The smallest absolute Gasteiger partial charge is 0.254 e. The zero-order valence-electron chi connectivity index (χ0n) is 21.3. The van der Waals surface area contributed by atoms with Crippen LogP contribution in [0.1, 0.15) is 68.6 Å². The Kier molecular flexibility index (Phi) is 6.73. The molecule has 1 aliphatic heterocycles. The van der Waals surface area contributed by atoms with Crippen molar-refractivity contribution in [3.05, 3.63) is 58.7 Å². The highest BCUT2D eigenvalue weighted by Gasteiger charge is 2.27. The molecule has 0 atom stereocenters. The number of carbonyl (C=O) groups excluding carboxylic acids is 1. The molecule has 1 aliphatic rings. The van der Waals surface area contributed by atoms with Crippen molar-refractivity contribution < 1.29 is 13.2 Å². The van der Waals surface area contributed by atoms with Gasteiger partial charge in [-0.15, -0.1) is 0 Å². The van der Waals surface area contributed by atoms with Crippen molar-refractivity contribution in [2.24, 2.45) is 0 Å². The lowest BCUT2D eigenvalue weighted by atomic mass is 9.80. The van der Waals surface area contributed by atoms with Crippen LogP contribution in [0.2, 0.25) is 0 Å². The van der Waals surface area contributed by atoms with Crippen molar-refractivity contribution >= 4 is 21.4 Å². The first-order valence-corrected chi connectivity index (χ1v) is 13.5. The largest absolute Gasteiger partial charge is 0.368 e. The van der Waals surface area contributed by atoms with E-state index in [9.17, 15) is 13.2 Å². The minimum Gasteiger partial charge on any atom is -0.368 e. The van der Waals surface area contributed by atoms with Gasteiger partial charge in [-0.05, 0) is 58.7 Å². The van der Waals surface area contributed by atoms with Gasteiger partial charge >= 0.3 is 0 Å². The maximum Gasteiger partial charge on any atom is 0.254 e. The van der Waals surface area contributed by atoms with E-state index in [0.29, 0.717) is 18.7 Å². The molecule has 0 aromatic heterocycles. The third kappa shape index (κ3) is 5.78. The molecule has 0 aliphatic carbocycles. The van der Waals surface area contributed by atoms with Crippen LogP contribution in [0.4, 0.5) is 5.69 Å². The van der Waals surface area contributed by atoms with Crippen LogP contribution in [0.15, 0.2) is 41.3 Å². The fraction of sp³-hybridized carbons (Fsp3) is 0.519. The maximum absolute atomic E-state index is 13.2. The first-order chi connectivity index (χ1) is 15.1. The number of amides is 1. The van der Waals surface area contributed by atoms with Crippen LogP contribution in [0.3, 0.4) is 0 Å². The number of hydrogen-bond donors (Lipinski definition) is 0. The Balaban J connectivity index is 1.83. The second-order valence-corrected chi connectivity index (χ2v) is 13.3. The van der Waals surface area contributed by atoms with E-state index >= 15 is 0 Å². The van der Waals surface area contributed by atoms with Crippen LogP contribution in [0.5, 0.6) is 0 Å². The van der Waals surface area contributed by atoms with E-state index in [0.717, 1.165) is 18.7 Å². The highest BCUT2D eigenvalue weighted by atomic mass is 32.2. The first-order valence-electron chi connectivity index (χ1n) is 11.6. The van der Waals surface area contributed by atoms with Crippen LogP contribution in [0.25, 0.3) is 0 Å². The molecule has 2 aromatic carbocycles. The number of sulfone groups is 1. The van der Waals surface area contributed by atoms with E-state index in [1.54, 1.807) is 12.1 Å². The molecule has 2 aromatic rings. The van der Waals surface area contributed by atoms with Gasteiger partial charge in [0.2, 0.25) is 0 Å². The standard InChI is InChI=1S/C27H38N2O3S/c1-19-9-10-23(33(8,31)32)18-24(19)25(30)29-13-11-28(12-14-29)22-16-20(26(2,3)4)15-21(17-22)27(5,6)7/h9-10,15-18H,11-14H2,1-8H3. The number of hydrogen-bond acceptors (Lipinski definition) is 4. The minimum absolute atomic E-state index is 0.0515. The van der Waals surface area contributed by atoms with Gasteiger partial charge in [0.15, 0.2) is 9.84 Å². The molecular formula is C27H38N2O3S. The van der Waals surface area contributed by atoms with Crippen molar-refractivity contribution in [1.82, 2.24) is 4.90 Å². The molecule has 6 heteroatoms. The van der Waals surface area contributed by atoms with Gasteiger partial charge in [0.25, 0.3) is 5.91 Å². The van der Waals surface area contributed by atoms with Crippen molar-refractivity contribution in [3.63, 3.8) is 0 Å². The van der Waals surface area contributed by atoms with Gasteiger partial charge in [-0.1, -0.05) is 53.7 Å². The van der Waals surface area contributed by atoms with Gasteiger partial charge in [-0.3, -0.25) is 4.79 Å². The molecule has 0 bridgehead atoms. The normalized spacial score (nSPS) is 15.6. The lowest BCUT2D eigenvalue weighted by molar-refractivity contribution is 0.0746. The zero-order valence-corrected chi connectivity index (χ0v) is 22.1. The number of aryl methyl sites for hydroxylation is 1. The summed E-state index contributed by atoms with van der Waals surface area (Å²) in [7, 11) is -3.36. The summed E-state index contributed by atoms with van der Waals surface area (Å²) >= 11 is 0. The fourth-order valence-corrected chi connectivity index (χ4v) is 4.71. The van der Waals surface area contributed by atoms with Crippen molar-refractivity contribution in [1.29, 1.82) is 0 Å². The Morgan fingerprint density at radius 1 is 0.818 bits per heavy atom.